The summed E-state index contributed by atoms with van der Waals surface area (Å²) in [4.78, 5) is 8.97. The lowest BCUT2D eigenvalue weighted by Crippen LogP contribution is -1.98. The van der Waals surface area contributed by atoms with Crippen LogP contribution in [0.25, 0.3) is 33.3 Å². The number of nitrogens with zero attached hydrogens (tertiary/aromatic N) is 4. The van der Waals surface area contributed by atoms with Gasteiger partial charge in [-0.2, -0.15) is 0 Å². The number of hydrogen-bond donors (Lipinski definition) is 0. The van der Waals surface area contributed by atoms with Crippen LogP contribution in [0, 0.1) is 12.1 Å². The summed E-state index contributed by atoms with van der Waals surface area (Å²) in [7, 11) is 1.89. The van der Waals surface area contributed by atoms with Crippen LogP contribution in [0.4, 0.5) is 0 Å². The Morgan fingerprint density at radius 1 is 1.00 bits per heavy atom. The van der Waals surface area contributed by atoms with Crippen LogP contribution in [0.5, 0.6) is 5.88 Å². The van der Waals surface area contributed by atoms with Gasteiger partial charge in [0.15, 0.2) is 0 Å². The Labute approximate surface area is 187 Å². The molecule has 0 aliphatic carbocycles. The second-order valence-corrected chi connectivity index (χ2v) is 7.63. The van der Waals surface area contributed by atoms with Crippen molar-refractivity contribution >= 4 is 10.9 Å². The van der Waals surface area contributed by atoms with Crippen molar-refractivity contribution in [2.24, 2.45) is 7.05 Å². The zero-order valence-corrected chi connectivity index (χ0v) is 18.0. The molecule has 0 radical (unpaired) electrons. The molecule has 0 N–H and O–H groups in total. The van der Waals surface area contributed by atoms with Gasteiger partial charge in [-0.1, -0.05) is 43.3 Å². The van der Waals surface area contributed by atoms with Gasteiger partial charge in [0, 0.05) is 31.2 Å². The molecule has 0 saturated heterocycles. The van der Waals surface area contributed by atoms with Gasteiger partial charge in [-0.3, -0.25) is 9.67 Å². The van der Waals surface area contributed by atoms with Crippen molar-refractivity contribution in [1.29, 1.82) is 0 Å². The number of ether oxygens (including phenoxy) is 1. The third kappa shape index (κ3) is 3.91. The lowest BCUT2D eigenvalue weighted by molar-refractivity contribution is 0.292. The Hall–Kier alpha value is -4.17. The predicted molar refractivity (Wildman–Crippen MR) is 125 cm³/mol. The Bertz CT molecular complexity index is 1360. The zero-order chi connectivity index (χ0) is 21.9. The number of benzene rings is 1. The van der Waals surface area contributed by atoms with Gasteiger partial charge >= 0.3 is 0 Å². The normalized spacial score (nSPS) is 10.8. The van der Waals surface area contributed by atoms with E-state index in [0.29, 0.717) is 12.5 Å². The molecule has 5 nitrogen and oxygen atoms in total. The van der Waals surface area contributed by atoms with Gasteiger partial charge in [-0.05, 0) is 53.4 Å². The summed E-state index contributed by atoms with van der Waals surface area (Å²) in [6, 6.07) is 24.4. The molecule has 32 heavy (non-hydrogen) atoms. The fourth-order valence-electron chi connectivity index (χ4n) is 3.77. The lowest BCUT2D eigenvalue weighted by Gasteiger charge is -2.10. The molecule has 5 rings (SSSR count). The molecule has 5 aromatic rings. The predicted octanol–water partition coefficient (Wildman–Crippen LogP) is 5.44. The van der Waals surface area contributed by atoms with E-state index in [1.165, 1.54) is 5.56 Å². The van der Waals surface area contributed by atoms with Crippen molar-refractivity contribution in [3.63, 3.8) is 0 Å². The highest BCUT2D eigenvalue weighted by Crippen LogP contribution is 2.29. The maximum atomic E-state index is 6.07. The molecule has 0 unspecified atom stereocenters. The van der Waals surface area contributed by atoms with E-state index in [1.54, 1.807) is 17.1 Å². The fourth-order valence-corrected chi connectivity index (χ4v) is 3.77. The lowest BCUT2D eigenvalue weighted by atomic mass is 10.0. The van der Waals surface area contributed by atoms with Crippen LogP contribution in [0.1, 0.15) is 18.1 Å². The van der Waals surface area contributed by atoms with Gasteiger partial charge in [0.1, 0.15) is 6.61 Å². The van der Waals surface area contributed by atoms with E-state index in [-0.39, 0.29) is 0 Å². The summed E-state index contributed by atoms with van der Waals surface area (Å²) in [5.74, 6) is 0.611. The van der Waals surface area contributed by atoms with Gasteiger partial charge in [0.05, 0.1) is 22.2 Å². The molecule has 0 fully saturated rings. The van der Waals surface area contributed by atoms with Gasteiger partial charge in [-0.25, -0.2) is 4.98 Å². The SMILES string of the molecule is CCc1cc2c#cccc2nc1-c1ccc(COc2nn(C)cc2-c2ccncc2)cc1. The number of aryl methyl sites for hydroxylation is 2. The molecule has 2 aromatic carbocycles. The first-order valence-electron chi connectivity index (χ1n) is 10.6. The van der Waals surface area contributed by atoms with Gasteiger partial charge in [0.2, 0.25) is 5.88 Å². The first kappa shape index (κ1) is 19.8. The van der Waals surface area contributed by atoms with Crippen molar-refractivity contribution in [2.75, 3.05) is 0 Å². The Balaban J connectivity index is 1.37. The number of fused-ring (bicyclic) bond motifs is 1. The van der Waals surface area contributed by atoms with Crippen LogP contribution >= 0.6 is 0 Å². The van der Waals surface area contributed by atoms with Crippen LogP contribution in [-0.4, -0.2) is 19.7 Å². The van der Waals surface area contributed by atoms with E-state index >= 15 is 0 Å². The van der Waals surface area contributed by atoms with Crippen molar-refractivity contribution in [2.45, 2.75) is 20.0 Å². The molecular weight excluding hydrogens is 396 g/mol. The van der Waals surface area contributed by atoms with Crippen molar-refractivity contribution in [3.05, 3.63) is 96.4 Å². The largest absolute Gasteiger partial charge is 0.471 e. The molecular formula is C27H22N4O. The monoisotopic (exact) mass is 418 g/mol. The van der Waals surface area contributed by atoms with Gasteiger partial charge in [-0.15, -0.1) is 5.10 Å². The van der Waals surface area contributed by atoms with Crippen molar-refractivity contribution in [1.82, 2.24) is 19.7 Å². The summed E-state index contributed by atoms with van der Waals surface area (Å²) in [5, 5.41) is 5.48. The molecule has 0 amide bonds. The summed E-state index contributed by atoms with van der Waals surface area (Å²) in [6.07, 6.45) is 6.41. The van der Waals surface area contributed by atoms with E-state index in [1.807, 2.05) is 37.5 Å². The second-order valence-electron chi connectivity index (χ2n) is 7.63. The molecule has 0 spiro atoms. The number of aromatic nitrogens is 4. The average Bonchev–Trinajstić information content (AvgIpc) is 3.23. The van der Waals surface area contributed by atoms with Crippen LogP contribution in [0.3, 0.4) is 0 Å². The van der Waals surface area contributed by atoms with E-state index in [9.17, 15) is 0 Å². The van der Waals surface area contributed by atoms with Crippen LogP contribution in [0.2, 0.25) is 0 Å². The highest BCUT2D eigenvalue weighted by Gasteiger charge is 2.12. The molecule has 5 heteroatoms. The van der Waals surface area contributed by atoms with Gasteiger partial charge in [0.25, 0.3) is 0 Å². The van der Waals surface area contributed by atoms with Crippen LogP contribution in [-0.2, 0) is 20.1 Å². The van der Waals surface area contributed by atoms with E-state index < -0.39 is 0 Å². The summed E-state index contributed by atoms with van der Waals surface area (Å²) < 4.78 is 7.84. The highest BCUT2D eigenvalue weighted by atomic mass is 16.5. The van der Waals surface area contributed by atoms with E-state index in [0.717, 1.165) is 45.3 Å². The van der Waals surface area contributed by atoms with Crippen molar-refractivity contribution < 1.29 is 4.74 Å². The topological polar surface area (TPSA) is 52.8 Å². The summed E-state index contributed by atoms with van der Waals surface area (Å²) in [5.41, 5.74) is 7.29. The summed E-state index contributed by atoms with van der Waals surface area (Å²) in [6.45, 7) is 2.58. The van der Waals surface area contributed by atoms with Crippen LogP contribution in [0.15, 0.2) is 73.2 Å². The van der Waals surface area contributed by atoms with Gasteiger partial charge < -0.3 is 4.74 Å². The zero-order valence-electron chi connectivity index (χ0n) is 18.0. The molecule has 3 heterocycles. The van der Waals surface area contributed by atoms with E-state index in [4.69, 9.17) is 9.72 Å². The minimum atomic E-state index is 0.436. The third-order valence-electron chi connectivity index (χ3n) is 5.43. The molecule has 0 bridgehead atoms. The highest BCUT2D eigenvalue weighted by molar-refractivity contribution is 5.82. The Morgan fingerprint density at radius 2 is 1.81 bits per heavy atom. The molecule has 0 atom stereocenters. The Morgan fingerprint density at radius 3 is 2.59 bits per heavy atom. The average molecular weight is 419 g/mol. The maximum absolute atomic E-state index is 6.07. The second kappa shape index (κ2) is 8.52. The smallest absolute Gasteiger partial charge is 0.241 e. The molecule has 0 aliphatic rings. The number of hydrogen-bond acceptors (Lipinski definition) is 4. The quantitative estimate of drug-likeness (QED) is 0.368. The Kier molecular flexibility index (Phi) is 5.27. The maximum Gasteiger partial charge on any atom is 0.241 e. The van der Waals surface area contributed by atoms with Crippen molar-refractivity contribution in [3.8, 4) is 28.3 Å². The number of rotatable bonds is 6. The van der Waals surface area contributed by atoms with Crippen LogP contribution < -0.4 is 4.74 Å². The molecule has 156 valence electrons. The molecule has 0 aliphatic heterocycles. The fraction of sp³-hybridized carbons (Fsp3) is 0.148. The molecule has 0 saturated carbocycles. The standard InChI is InChI=1S/C27H22N4O/c1-3-20-16-23-6-4-5-7-25(23)29-26(20)22-10-8-19(9-11-22)18-32-27-24(17-31(2)30-27)21-12-14-28-15-13-21/h5,7-17H,3,18H2,1-2H3. The minimum Gasteiger partial charge on any atom is -0.471 e. The third-order valence-corrected chi connectivity index (χ3v) is 5.43. The first-order chi connectivity index (χ1) is 15.7. The van der Waals surface area contributed by atoms with E-state index in [2.05, 4.69) is 59.5 Å². The number of pyridine rings is 2. The minimum absolute atomic E-state index is 0.436. The summed E-state index contributed by atoms with van der Waals surface area (Å²) >= 11 is 0. The molecule has 3 aromatic heterocycles. The first-order valence-corrected chi connectivity index (χ1v) is 10.6.